The number of fused-ring (bicyclic) bond motifs is 1. The molecule has 1 saturated heterocycles. The maximum atomic E-state index is 13.8. The average molecular weight is 608 g/mol. The Morgan fingerprint density at radius 3 is 2.27 bits per heavy atom. The van der Waals surface area contributed by atoms with E-state index >= 15 is 0 Å². The number of rotatable bonds is 9. The molecule has 3 aromatic carbocycles. The SMILES string of the molecule is COc1cc(Cc2cnc(/N=C3\C(=O)N(CN4CCN(c5ccccc5)CC4)c4ccc(C)cc43)nc2N)cc(OC)c1OC. The van der Waals surface area contributed by atoms with E-state index in [-0.39, 0.29) is 17.7 Å². The lowest BCUT2D eigenvalue weighted by atomic mass is 10.1. The maximum absolute atomic E-state index is 13.8. The number of nitrogens with zero attached hydrogens (tertiary/aromatic N) is 6. The number of para-hydroxylation sites is 1. The largest absolute Gasteiger partial charge is 0.493 e. The summed E-state index contributed by atoms with van der Waals surface area (Å²) in [5.41, 5.74) is 12.2. The first-order chi connectivity index (χ1) is 21.9. The summed E-state index contributed by atoms with van der Waals surface area (Å²) in [7, 11) is 4.71. The van der Waals surface area contributed by atoms with Crippen LogP contribution in [0, 0.1) is 6.92 Å². The predicted octanol–water partition coefficient (Wildman–Crippen LogP) is 4.23. The summed E-state index contributed by atoms with van der Waals surface area (Å²) in [6, 6.07) is 20.1. The van der Waals surface area contributed by atoms with Gasteiger partial charge in [-0.25, -0.2) is 9.98 Å². The molecule has 45 heavy (non-hydrogen) atoms. The van der Waals surface area contributed by atoms with Crippen LogP contribution in [0.4, 0.5) is 23.1 Å². The molecule has 6 rings (SSSR count). The van der Waals surface area contributed by atoms with Crippen LogP contribution >= 0.6 is 0 Å². The van der Waals surface area contributed by atoms with E-state index in [1.807, 2.05) is 43.3 Å². The average Bonchev–Trinajstić information content (AvgIpc) is 3.31. The maximum Gasteiger partial charge on any atom is 0.278 e. The van der Waals surface area contributed by atoms with Gasteiger partial charge in [-0.2, -0.15) is 4.98 Å². The van der Waals surface area contributed by atoms with Crippen LogP contribution in [0.2, 0.25) is 0 Å². The fourth-order valence-electron chi connectivity index (χ4n) is 5.82. The minimum atomic E-state index is -0.176. The lowest BCUT2D eigenvalue weighted by molar-refractivity contribution is -0.112. The number of anilines is 3. The topological polar surface area (TPSA) is 119 Å². The zero-order valence-electron chi connectivity index (χ0n) is 26.0. The molecule has 0 atom stereocenters. The van der Waals surface area contributed by atoms with Gasteiger partial charge in [-0.15, -0.1) is 0 Å². The van der Waals surface area contributed by atoms with Gasteiger partial charge in [0.1, 0.15) is 11.5 Å². The van der Waals surface area contributed by atoms with Crippen molar-refractivity contribution in [3.8, 4) is 17.2 Å². The lowest BCUT2D eigenvalue weighted by Crippen LogP contribution is -2.51. The van der Waals surface area contributed by atoms with E-state index < -0.39 is 0 Å². The van der Waals surface area contributed by atoms with Crippen LogP contribution in [0.5, 0.6) is 17.2 Å². The minimum Gasteiger partial charge on any atom is -0.493 e. The Labute approximate surface area is 262 Å². The summed E-state index contributed by atoms with van der Waals surface area (Å²) < 4.78 is 16.4. The molecule has 0 bridgehead atoms. The number of hydrogen-bond acceptors (Lipinski definition) is 10. The minimum absolute atomic E-state index is 0.135. The number of nitrogens with two attached hydrogens (primary N) is 1. The lowest BCUT2D eigenvalue weighted by Gasteiger charge is -2.37. The van der Waals surface area contributed by atoms with Crippen molar-refractivity contribution < 1.29 is 19.0 Å². The van der Waals surface area contributed by atoms with Gasteiger partial charge in [0.25, 0.3) is 11.9 Å². The number of carbonyl (C=O) groups is 1. The summed E-state index contributed by atoms with van der Waals surface area (Å²) in [6.07, 6.45) is 2.08. The molecule has 2 aliphatic heterocycles. The molecule has 0 spiro atoms. The number of piperazine rings is 1. The standard InChI is InChI=1S/C34H37N7O4/c1-22-10-11-27-26(16-22)30(33(42)41(27)21-39-12-14-40(15-13-39)25-8-6-5-7-9-25)37-34-36-20-24(32(35)38-34)17-23-18-28(43-2)31(45-4)29(19-23)44-3/h5-11,16,18-20H,12-15,17,21H2,1-4H3,(H2,35,36,38)/b37-30-. The summed E-state index contributed by atoms with van der Waals surface area (Å²) in [5, 5.41) is 0. The third-order valence-electron chi connectivity index (χ3n) is 8.20. The highest BCUT2D eigenvalue weighted by atomic mass is 16.5. The van der Waals surface area contributed by atoms with Gasteiger partial charge >= 0.3 is 0 Å². The van der Waals surface area contributed by atoms with Crippen molar-refractivity contribution in [2.75, 3.05) is 69.7 Å². The number of amides is 1. The number of carbonyl (C=O) groups excluding carboxylic acids is 1. The Hall–Kier alpha value is -5.16. The van der Waals surface area contributed by atoms with Gasteiger partial charge in [0, 0.05) is 55.6 Å². The third-order valence-corrected chi connectivity index (χ3v) is 8.20. The Morgan fingerprint density at radius 1 is 0.911 bits per heavy atom. The van der Waals surface area contributed by atoms with Crippen LogP contribution in [-0.2, 0) is 11.2 Å². The summed E-state index contributed by atoms with van der Waals surface area (Å²) in [5.74, 6) is 1.84. The molecule has 1 amide bonds. The first-order valence-corrected chi connectivity index (χ1v) is 14.8. The van der Waals surface area contributed by atoms with Crippen molar-refractivity contribution >= 4 is 34.8 Å². The number of methoxy groups -OCH3 is 3. The van der Waals surface area contributed by atoms with Crippen molar-refractivity contribution in [2.24, 2.45) is 4.99 Å². The molecule has 11 heteroatoms. The first-order valence-electron chi connectivity index (χ1n) is 14.8. The molecule has 0 unspecified atom stereocenters. The van der Waals surface area contributed by atoms with E-state index in [4.69, 9.17) is 19.9 Å². The van der Waals surface area contributed by atoms with Gasteiger partial charge in [-0.1, -0.05) is 29.8 Å². The number of nitrogen functional groups attached to an aromatic ring is 1. The number of ether oxygens (including phenoxy) is 3. The van der Waals surface area contributed by atoms with E-state index in [0.717, 1.165) is 48.6 Å². The molecule has 1 fully saturated rings. The van der Waals surface area contributed by atoms with Gasteiger partial charge in [-0.05, 0) is 48.9 Å². The summed E-state index contributed by atoms with van der Waals surface area (Å²) in [6.45, 7) is 5.96. The highest BCUT2D eigenvalue weighted by Crippen LogP contribution is 2.39. The molecule has 0 saturated carbocycles. The van der Waals surface area contributed by atoms with Gasteiger partial charge in [0.15, 0.2) is 11.5 Å². The van der Waals surface area contributed by atoms with Gasteiger partial charge in [-0.3, -0.25) is 14.6 Å². The Morgan fingerprint density at radius 2 is 1.62 bits per heavy atom. The van der Waals surface area contributed by atoms with Gasteiger partial charge < -0.3 is 24.8 Å². The second-order valence-corrected chi connectivity index (χ2v) is 11.1. The zero-order valence-corrected chi connectivity index (χ0v) is 26.0. The number of benzene rings is 3. The molecule has 1 aromatic heterocycles. The fraction of sp³-hybridized carbons (Fsp3) is 0.294. The smallest absolute Gasteiger partial charge is 0.278 e. The second kappa shape index (κ2) is 12.8. The Kier molecular flexibility index (Phi) is 8.52. The van der Waals surface area contributed by atoms with Gasteiger partial charge in [0.05, 0.1) is 33.7 Å². The summed E-state index contributed by atoms with van der Waals surface area (Å²) in [4.78, 5) is 33.9. The van der Waals surface area contributed by atoms with Crippen LogP contribution in [0.1, 0.15) is 22.3 Å². The molecule has 232 valence electrons. The number of hydrogen-bond donors (Lipinski definition) is 1. The highest BCUT2D eigenvalue weighted by Gasteiger charge is 2.36. The molecule has 2 N–H and O–H groups in total. The molecule has 0 aliphatic carbocycles. The zero-order chi connectivity index (χ0) is 31.5. The van der Waals surface area contributed by atoms with E-state index in [1.54, 1.807) is 32.4 Å². The van der Waals surface area contributed by atoms with Crippen molar-refractivity contribution in [1.82, 2.24) is 14.9 Å². The molecule has 2 aliphatic rings. The number of aliphatic imine (C=N–C) groups is 1. The quantitative estimate of drug-likeness (QED) is 0.298. The molecule has 4 aromatic rings. The second-order valence-electron chi connectivity index (χ2n) is 11.1. The molecule has 3 heterocycles. The van der Waals surface area contributed by atoms with E-state index in [9.17, 15) is 4.79 Å². The predicted molar refractivity (Wildman–Crippen MR) is 175 cm³/mol. The number of aromatic nitrogens is 2. The van der Waals surface area contributed by atoms with Gasteiger partial charge in [0.2, 0.25) is 5.75 Å². The summed E-state index contributed by atoms with van der Waals surface area (Å²) >= 11 is 0. The van der Waals surface area contributed by atoms with Crippen LogP contribution in [0.15, 0.2) is 71.9 Å². The third kappa shape index (κ3) is 6.12. The Balaban J connectivity index is 1.21. The van der Waals surface area contributed by atoms with E-state index in [0.29, 0.717) is 41.6 Å². The Bertz CT molecular complexity index is 1710. The van der Waals surface area contributed by atoms with Crippen LogP contribution in [-0.4, -0.2) is 80.7 Å². The van der Waals surface area contributed by atoms with E-state index in [2.05, 4.69) is 49.0 Å². The fourth-order valence-corrected chi connectivity index (χ4v) is 5.82. The van der Waals surface area contributed by atoms with Crippen molar-refractivity contribution in [3.63, 3.8) is 0 Å². The molecular weight excluding hydrogens is 570 g/mol. The monoisotopic (exact) mass is 607 g/mol. The van der Waals surface area contributed by atoms with Crippen LogP contribution in [0.25, 0.3) is 0 Å². The van der Waals surface area contributed by atoms with Crippen molar-refractivity contribution in [1.29, 1.82) is 0 Å². The normalized spacial score (nSPS) is 15.8. The first kappa shape index (κ1) is 29.9. The van der Waals surface area contributed by atoms with Crippen molar-refractivity contribution in [3.05, 3.63) is 89.1 Å². The van der Waals surface area contributed by atoms with Crippen LogP contribution < -0.4 is 29.7 Å². The van der Waals surface area contributed by atoms with Crippen molar-refractivity contribution in [2.45, 2.75) is 13.3 Å². The van der Waals surface area contributed by atoms with E-state index in [1.165, 1.54) is 5.69 Å². The highest BCUT2D eigenvalue weighted by molar-refractivity contribution is 6.54. The molecule has 11 nitrogen and oxygen atoms in total. The van der Waals surface area contributed by atoms with Crippen LogP contribution in [0.3, 0.4) is 0 Å². The molecular formula is C34H37N7O4. The number of aryl methyl sites for hydroxylation is 1. The molecule has 0 radical (unpaired) electrons.